The van der Waals surface area contributed by atoms with Gasteiger partial charge in [0, 0.05) is 11.1 Å². The summed E-state index contributed by atoms with van der Waals surface area (Å²) in [5, 5.41) is 3.69. The largest absolute Gasteiger partial charge is 0.791 e. The topological polar surface area (TPSA) is 73.3 Å². The Morgan fingerprint density at radius 1 is 0.762 bits per heavy atom. The van der Waals surface area contributed by atoms with Crippen molar-refractivity contribution in [2.24, 2.45) is 0 Å². The van der Waals surface area contributed by atoms with Crippen LogP contribution in [0.4, 0.5) is 0 Å². The minimum atomic E-state index is -3.33. The summed E-state index contributed by atoms with van der Waals surface area (Å²) >= 11 is 0. The van der Waals surface area contributed by atoms with E-state index in [1.165, 1.54) is 0 Å². The van der Waals surface area contributed by atoms with Gasteiger partial charge in [0.05, 0.1) is 0 Å². The van der Waals surface area contributed by atoms with Crippen molar-refractivity contribution in [3.63, 3.8) is 0 Å². The van der Waals surface area contributed by atoms with Gasteiger partial charge in [0.2, 0.25) is 0 Å². The number of nitrogens with two attached hydrogens (primary N) is 2. The monoisotopic (exact) mass is 305 g/mol. The molecular weight excluding hydrogens is 283 g/mol. The normalized spacial score (nSPS) is 11.5. The first-order valence-corrected chi connectivity index (χ1v) is 9.15. The summed E-state index contributed by atoms with van der Waals surface area (Å²) in [6.07, 6.45) is 0.320. The molecule has 0 radical (unpaired) electrons. The maximum atomic E-state index is 12.0. The number of hydrogen-bond donors (Lipinski definition) is 2. The fraction of sp³-hybridized carbons (Fsp3) is 0.250. The van der Waals surface area contributed by atoms with E-state index in [-0.39, 0.29) is 12.6 Å². The third kappa shape index (κ3) is 6.23. The van der Waals surface area contributed by atoms with Crippen LogP contribution in [0.2, 0.25) is 0 Å². The quantitative estimate of drug-likeness (QED) is 0.677. The summed E-state index contributed by atoms with van der Waals surface area (Å²) in [5.74, 6) is 0. The Hall–Kier alpha value is -1.45. The second-order valence-corrected chi connectivity index (χ2v) is 7.50. The molecular formula is C16H22N2O2P+. The first kappa shape index (κ1) is 15.9. The Balaban J connectivity index is 1.68. The van der Waals surface area contributed by atoms with E-state index in [1.807, 2.05) is 71.3 Å². The van der Waals surface area contributed by atoms with Crippen LogP contribution in [0.5, 0.6) is 0 Å². The van der Waals surface area contributed by atoms with E-state index in [0.29, 0.717) is 13.1 Å². The molecule has 0 aromatic heterocycles. The lowest BCUT2D eigenvalue weighted by atomic mass is 10.2. The molecule has 112 valence electrons. The van der Waals surface area contributed by atoms with Crippen LogP contribution in [-0.4, -0.2) is 12.6 Å². The molecule has 2 aromatic carbocycles. The zero-order chi connectivity index (χ0) is 15.0. The van der Waals surface area contributed by atoms with Crippen LogP contribution in [0, 0.1) is 0 Å². The van der Waals surface area contributed by atoms with Crippen LogP contribution in [-0.2, 0) is 17.7 Å². The lowest BCUT2D eigenvalue weighted by Gasteiger charge is -2.19. The van der Waals surface area contributed by atoms with Crippen molar-refractivity contribution in [1.82, 2.24) is 0 Å². The van der Waals surface area contributed by atoms with E-state index in [0.717, 1.165) is 11.1 Å². The maximum absolute atomic E-state index is 12.0. The lowest BCUT2D eigenvalue weighted by molar-refractivity contribution is -0.670. The second-order valence-electron chi connectivity index (χ2n) is 5.14. The van der Waals surface area contributed by atoms with Crippen LogP contribution in [0.1, 0.15) is 11.1 Å². The maximum Gasteiger partial charge on any atom is 0.122 e. The molecule has 0 aliphatic rings. The summed E-state index contributed by atoms with van der Waals surface area (Å²) in [4.78, 5) is 12.0. The molecule has 2 rings (SSSR count). The molecule has 4 N–H and O–H groups in total. The number of benzene rings is 2. The average Bonchev–Trinajstić information content (AvgIpc) is 2.49. The van der Waals surface area contributed by atoms with Gasteiger partial charge < -0.3 is 20.1 Å². The molecule has 0 amide bonds. The van der Waals surface area contributed by atoms with Crippen LogP contribution < -0.4 is 15.5 Å². The summed E-state index contributed by atoms with van der Waals surface area (Å²) in [6, 6.07) is 19.8. The minimum absolute atomic E-state index is 0.160. The third-order valence-electron chi connectivity index (χ3n) is 3.26. The van der Waals surface area contributed by atoms with E-state index in [9.17, 15) is 9.46 Å². The van der Waals surface area contributed by atoms with E-state index in [2.05, 4.69) is 0 Å². The highest BCUT2D eigenvalue weighted by molar-refractivity contribution is 7.55. The van der Waals surface area contributed by atoms with Crippen molar-refractivity contribution in [3.8, 4) is 0 Å². The first-order valence-electron chi connectivity index (χ1n) is 7.16. The van der Waals surface area contributed by atoms with Crippen molar-refractivity contribution < 1.29 is 20.1 Å². The van der Waals surface area contributed by atoms with E-state index in [1.54, 1.807) is 0 Å². The van der Waals surface area contributed by atoms with E-state index >= 15 is 0 Å². The molecule has 0 bridgehead atoms. The Bertz CT molecular complexity index is 526. The predicted octanol–water partition coefficient (Wildman–Crippen LogP) is 0.0670. The first-order chi connectivity index (χ1) is 10.2. The fourth-order valence-electron chi connectivity index (χ4n) is 2.16. The van der Waals surface area contributed by atoms with Crippen molar-refractivity contribution in [2.75, 3.05) is 12.6 Å². The molecule has 5 heteroatoms. The SMILES string of the molecule is O=P([O-])(C[NH2+]Cc1ccccc1)C[NH2+]Cc1ccccc1. The van der Waals surface area contributed by atoms with Gasteiger partial charge >= 0.3 is 0 Å². The molecule has 0 heterocycles. The van der Waals surface area contributed by atoms with Gasteiger partial charge in [-0.1, -0.05) is 60.7 Å². The van der Waals surface area contributed by atoms with Crippen molar-refractivity contribution in [1.29, 1.82) is 0 Å². The van der Waals surface area contributed by atoms with Gasteiger partial charge in [0.15, 0.2) is 0 Å². The predicted molar refractivity (Wildman–Crippen MR) is 81.5 cm³/mol. The summed E-state index contributed by atoms with van der Waals surface area (Å²) in [5.41, 5.74) is 2.29. The highest BCUT2D eigenvalue weighted by Crippen LogP contribution is 2.27. The Kier molecular flexibility index (Phi) is 6.15. The smallest absolute Gasteiger partial charge is 0.122 e. The van der Waals surface area contributed by atoms with E-state index in [4.69, 9.17) is 0 Å². The van der Waals surface area contributed by atoms with Gasteiger partial charge in [0.1, 0.15) is 33.0 Å². The van der Waals surface area contributed by atoms with Gasteiger partial charge in [-0.25, -0.2) is 0 Å². The molecule has 2 aromatic rings. The molecule has 0 unspecified atom stereocenters. The van der Waals surface area contributed by atoms with Crippen molar-refractivity contribution >= 4 is 7.37 Å². The molecule has 4 nitrogen and oxygen atoms in total. The van der Waals surface area contributed by atoms with Crippen LogP contribution in [0.3, 0.4) is 0 Å². The van der Waals surface area contributed by atoms with Crippen LogP contribution in [0.15, 0.2) is 60.7 Å². The Morgan fingerprint density at radius 2 is 1.14 bits per heavy atom. The summed E-state index contributed by atoms with van der Waals surface area (Å²) in [6.45, 7) is 1.40. The average molecular weight is 305 g/mol. The minimum Gasteiger partial charge on any atom is -0.791 e. The molecule has 0 spiro atoms. The third-order valence-corrected chi connectivity index (χ3v) is 4.89. The second kappa shape index (κ2) is 8.11. The van der Waals surface area contributed by atoms with Gasteiger partial charge in [-0.3, -0.25) is 0 Å². The molecule has 0 saturated carbocycles. The molecule has 0 saturated heterocycles. The van der Waals surface area contributed by atoms with Gasteiger partial charge in [-0.15, -0.1) is 0 Å². The molecule has 0 aliphatic carbocycles. The summed E-state index contributed by atoms with van der Waals surface area (Å²) in [7, 11) is -3.33. The summed E-state index contributed by atoms with van der Waals surface area (Å²) < 4.78 is 12.0. The van der Waals surface area contributed by atoms with Gasteiger partial charge in [-0.2, -0.15) is 0 Å². The van der Waals surface area contributed by atoms with Crippen LogP contribution in [0.25, 0.3) is 0 Å². The fourth-order valence-corrected chi connectivity index (χ4v) is 3.35. The van der Waals surface area contributed by atoms with Gasteiger partial charge in [0.25, 0.3) is 0 Å². The van der Waals surface area contributed by atoms with Crippen LogP contribution >= 0.6 is 7.37 Å². The molecule has 0 fully saturated rings. The zero-order valence-electron chi connectivity index (χ0n) is 12.0. The van der Waals surface area contributed by atoms with Gasteiger partial charge in [-0.05, 0) is 0 Å². The highest BCUT2D eigenvalue weighted by Gasteiger charge is 2.12. The Morgan fingerprint density at radius 3 is 1.52 bits per heavy atom. The highest BCUT2D eigenvalue weighted by atomic mass is 31.2. The van der Waals surface area contributed by atoms with Crippen molar-refractivity contribution in [3.05, 3.63) is 71.8 Å². The zero-order valence-corrected chi connectivity index (χ0v) is 12.9. The lowest BCUT2D eigenvalue weighted by Crippen LogP contribution is -2.87. The standard InChI is InChI=1S/C16H21N2O2P/c19-21(20,13-17-11-15-7-3-1-4-8-15)14-18-12-16-9-5-2-6-10-16/h1-10,17-18H,11-14H2,(H,19,20)/p+1. The molecule has 0 aliphatic heterocycles. The molecule has 21 heavy (non-hydrogen) atoms. The number of hydrogen-bond acceptors (Lipinski definition) is 2. The number of rotatable bonds is 8. The number of quaternary nitrogens is 2. The van der Waals surface area contributed by atoms with E-state index < -0.39 is 7.37 Å². The van der Waals surface area contributed by atoms with Crippen molar-refractivity contribution in [2.45, 2.75) is 13.1 Å². The molecule has 0 atom stereocenters. The Labute approximate surface area is 125 Å².